The number of methoxy groups -OCH3 is 1. The minimum absolute atomic E-state index is 0.0296. The maximum atomic E-state index is 13.5. The van der Waals surface area contributed by atoms with Gasteiger partial charge < -0.3 is 20.7 Å². The number of thiophene rings is 1. The van der Waals surface area contributed by atoms with Gasteiger partial charge in [-0.25, -0.2) is 4.79 Å². The van der Waals surface area contributed by atoms with E-state index in [2.05, 4.69) is 16.0 Å². The number of benzene rings is 3. The molecule has 0 radical (unpaired) electrons. The van der Waals surface area contributed by atoms with Crippen LogP contribution in [0.5, 0.6) is 0 Å². The van der Waals surface area contributed by atoms with Gasteiger partial charge in [0.15, 0.2) is 0 Å². The topological polar surface area (TPSA) is 114 Å². The Labute approximate surface area is 280 Å². The van der Waals surface area contributed by atoms with Gasteiger partial charge in [0, 0.05) is 26.0 Å². The molecule has 3 amide bonds. The molecule has 4 aromatic rings. The van der Waals surface area contributed by atoms with Gasteiger partial charge in [0.1, 0.15) is 10.7 Å². The molecule has 1 unspecified atom stereocenters. The Morgan fingerprint density at radius 2 is 1.70 bits per heavy atom. The first-order valence-corrected chi connectivity index (χ1v) is 16.7. The zero-order chi connectivity index (χ0) is 32.6. The molecule has 0 saturated heterocycles. The van der Waals surface area contributed by atoms with Crippen LogP contribution in [0.1, 0.15) is 56.5 Å². The van der Waals surface area contributed by atoms with Crippen molar-refractivity contribution in [3.05, 3.63) is 117 Å². The van der Waals surface area contributed by atoms with E-state index in [-0.39, 0.29) is 11.6 Å². The maximum absolute atomic E-state index is 13.5. The summed E-state index contributed by atoms with van der Waals surface area (Å²) in [4.78, 5) is 54.1. The maximum Gasteiger partial charge on any atom is 0.341 e. The molecule has 0 aliphatic heterocycles. The van der Waals surface area contributed by atoms with Gasteiger partial charge in [-0.3, -0.25) is 14.4 Å². The number of carbonyl (C=O) groups excluding carboxylic acids is 4. The second-order valence-electron chi connectivity index (χ2n) is 10.6. The van der Waals surface area contributed by atoms with E-state index < -0.39 is 23.0 Å². The molecule has 1 aromatic heterocycles. The van der Waals surface area contributed by atoms with Crippen LogP contribution in [0.2, 0.25) is 5.02 Å². The third kappa shape index (κ3) is 8.25. The van der Waals surface area contributed by atoms with Gasteiger partial charge in [-0.15, -0.1) is 23.1 Å². The Balaban J connectivity index is 1.29. The van der Waals surface area contributed by atoms with Crippen molar-refractivity contribution >= 4 is 75.2 Å². The average molecular weight is 674 g/mol. The van der Waals surface area contributed by atoms with E-state index in [9.17, 15) is 19.2 Å². The number of carbonyl (C=O) groups is 4. The van der Waals surface area contributed by atoms with Gasteiger partial charge in [0.05, 0.1) is 17.9 Å². The van der Waals surface area contributed by atoms with E-state index in [1.165, 1.54) is 30.2 Å². The number of hydrogen-bond acceptors (Lipinski definition) is 7. The number of aryl methyl sites for hydroxylation is 1. The predicted molar refractivity (Wildman–Crippen MR) is 185 cm³/mol. The summed E-state index contributed by atoms with van der Waals surface area (Å²) < 4.78 is 5.03. The van der Waals surface area contributed by atoms with Crippen molar-refractivity contribution in [2.75, 3.05) is 17.7 Å². The van der Waals surface area contributed by atoms with Gasteiger partial charge in [0.2, 0.25) is 5.91 Å². The lowest BCUT2D eigenvalue weighted by atomic mass is 9.95. The summed E-state index contributed by atoms with van der Waals surface area (Å²) in [5, 5.41) is 9.02. The number of nitrogens with one attached hydrogen (secondary N) is 3. The first-order chi connectivity index (χ1) is 22.2. The third-order valence-electron chi connectivity index (χ3n) is 7.26. The summed E-state index contributed by atoms with van der Waals surface area (Å²) in [5.41, 5.74) is 2.98. The van der Waals surface area contributed by atoms with E-state index >= 15 is 0 Å². The van der Waals surface area contributed by atoms with Crippen LogP contribution in [0.15, 0.2) is 89.5 Å². The molecular formula is C35H32ClN3O5S2. The molecule has 1 atom stereocenters. The number of thioether (sulfide) groups is 1. The van der Waals surface area contributed by atoms with Crippen LogP contribution in [0.3, 0.4) is 0 Å². The summed E-state index contributed by atoms with van der Waals surface area (Å²) in [5.74, 6) is -1.66. The summed E-state index contributed by atoms with van der Waals surface area (Å²) in [6, 6.07) is 22.6. The number of hydrogen-bond donors (Lipinski definition) is 3. The molecule has 46 heavy (non-hydrogen) atoms. The van der Waals surface area contributed by atoms with E-state index in [1.807, 2.05) is 6.07 Å². The Bertz CT molecular complexity index is 1800. The fraction of sp³-hybridized carbons (Fsp3) is 0.200. The average Bonchev–Trinajstić information content (AvgIpc) is 3.42. The van der Waals surface area contributed by atoms with Crippen molar-refractivity contribution in [2.45, 2.75) is 42.8 Å². The van der Waals surface area contributed by atoms with Crippen LogP contribution in [0, 0.1) is 0 Å². The molecule has 5 rings (SSSR count). The lowest BCUT2D eigenvalue weighted by Gasteiger charge is -2.14. The van der Waals surface area contributed by atoms with Crippen molar-refractivity contribution in [1.82, 2.24) is 5.32 Å². The highest BCUT2D eigenvalue weighted by atomic mass is 35.5. The smallest absolute Gasteiger partial charge is 0.341 e. The number of fused-ring (bicyclic) bond motifs is 1. The van der Waals surface area contributed by atoms with E-state index in [0.29, 0.717) is 32.4 Å². The van der Waals surface area contributed by atoms with Gasteiger partial charge in [-0.1, -0.05) is 48.0 Å². The fourth-order valence-electron chi connectivity index (χ4n) is 4.99. The van der Waals surface area contributed by atoms with E-state index in [4.69, 9.17) is 16.3 Å². The highest BCUT2D eigenvalue weighted by Gasteiger charge is 2.28. The fourth-order valence-corrected chi connectivity index (χ4v) is 7.40. The van der Waals surface area contributed by atoms with Crippen molar-refractivity contribution in [1.29, 1.82) is 0 Å². The van der Waals surface area contributed by atoms with Gasteiger partial charge in [-0.05, 0) is 92.3 Å². The molecule has 0 spiro atoms. The van der Waals surface area contributed by atoms with Crippen LogP contribution >= 0.6 is 34.7 Å². The third-order valence-corrected chi connectivity index (χ3v) is 9.80. The van der Waals surface area contributed by atoms with Gasteiger partial charge >= 0.3 is 5.97 Å². The first kappa shape index (κ1) is 33.0. The highest BCUT2D eigenvalue weighted by molar-refractivity contribution is 8.00. The first-order valence-electron chi connectivity index (χ1n) is 14.7. The minimum atomic E-state index is -0.533. The zero-order valence-electron chi connectivity index (χ0n) is 25.2. The number of ether oxygens (including phenoxy) is 1. The zero-order valence-corrected chi connectivity index (χ0v) is 27.6. The summed E-state index contributed by atoms with van der Waals surface area (Å²) in [6.07, 6.45) is 5.28. The molecule has 3 aromatic carbocycles. The van der Waals surface area contributed by atoms with Crippen molar-refractivity contribution in [2.24, 2.45) is 0 Å². The lowest BCUT2D eigenvalue weighted by Crippen LogP contribution is -2.30. The van der Waals surface area contributed by atoms with E-state index in [1.54, 1.807) is 85.8 Å². The number of rotatable bonds is 10. The number of amides is 3. The van der Waals surface area contributed by atoms with Crippen LogP contribution in [0.4, 0.5) is 10.7 Å². The van der Waals surface area contributed by atoms with Gasteiger partial charge in [-0.2, -0.15) is 0 Å². The summed E-state index contributed by atoms with van der Waals surface area (Å²) in [6.45, 7) is 1.78. The molecule has 1 heterocycles. The molecule has 3 N–H and O–H groups in total. The standard InChI is InChI=1S/C35H32ClN3O5S2/c1-21(31(40)39-34-30(35(43)44-2)27-16-6-7-17-29(27)46-34)45-26-15-9-14-25(20-26)37-33(42)28(19-22-10-8-13-24(36)18-22)38-32(41)23-11-4-3-5-12-23/h3-5,8-15,18-21H,6-7,16-17H2,1-2H3,(H,37,42)(H,38,41)(H,39,40)/b28-19-. The van der Waals surface area contributed by atoms with Crippen LogP contribution in [0.25, 0.3) is 6.08 Å². The number of anilines is 2. The Morgan fingerprint density at radius 1 is 0.935 bits per heavy atom. The number of halogens is 1. The second kappa shape index (κ2) is 15.3. The Morgan fingerprint density at radius 3 is 2.46 bits per heavy atom. The Kier molecular flexibility index (Phi) is 11.0. The molecule has 0 fully saturated rings. The molecule has 8 nitrogen and oxygen atoms in total. The van der Waals surface area contributed by atoms with Crippen molar-refractivity contribution in [3.63, 3.8) is 0 Å². The summed E-state index contributed by atoms with van der Waals surface area (Å²) in [7, 11) is 1.35. The quantitative estimate of drug-likeness (QED) is 0.0908. The van der Waals surface area contributed by atoms with Crippen LogP contribution in [-0.2, 0) is 27.2 Å². The highest BCUT2D eigenvalue weighted by Crippen LogP contribution is 2.39. The number of esters is 1. The molecule has 1 aliphatic rings. The molecule has 1 aliphatic carbocycles. The summed E-state index contributed by atoms with van der Waals surface area (Å²) >= 11 is 8.90. The van der Waals surface area contributed by atoms with Crippen molar-refractivity contribution in [3.8, 4) is 0 Å². The van der Waals surface area contributed by atoms with Crippen LogP contribution in [-0.4, -0.2) is 36.1 Å². The monoisotopic (exact) mass is 673 g/mol. The van der Waals surface area contributed by atoms with Crippen LogP contribution < -0.4 is 16.0 Å². The minimum Gasteiger partial charge on any atom is -0.465 e. The largest absolute Gasteiger partial charge is 0.465 e. The molecule has 0 bridgehead atoms. The Hall–Kier alpha value is -4.38. The molecule has 0 saturated carbocycles. The normalized spacial score (nSPS) is 13.2. The molecule has 236 valence electrons. The van der Waals surface area contributed by atoms with E-state index in [0.717, 1.165) is 41.0 Å². The SMILES string of the molecule is COC(=O)c1c(NC(=O)C(C)Sc2cccc(NC(=O)/C(=C/c3cccc(Cl)c3)NC(=O)c3ccccc3)c2)sc2c1CCCC2. The van der Waals surface area contributed by atoms with Gasteiger partial charge in [0.25, 0.3) is 11.8 Å². The molecular weight excluding hydrogens is 642 g/mol. The van der Waals surface area contributed by atoms with Crippen molar-refractivity contribution < 1.29 is 23.9 Å². The molecule has 11 heteroatoms. The predicted octanol–water partition coefficient (Wildman–Crippen LogP) is 7.60. The second-order valence-corrected chi connectivity index (χ2v) is 13.5. The lowest BCUT2D eigenvalue weighted by molar-refractivity contribution is -0.115.